The van der Waals surface area contributed by atoms with Crippen LogP contribution in [0.5, 0.6) is 0 Å². The molecule has 1 aromatic carbocycles. The van der Waals surface area contributed by atoms with Crippen molar-refractivity contribution in [2.75, 3.05) is 49.2 Å². The van der Waals surface area contributed by atoms with Crippen LogP contribution in [0.2, 0.25) is 0 Å². The van der Waals surface area contributed by atoms with Crippen molar-refractivity contribution in [2.24, 2.45) is 17.8 Å². The molecule has 0 aromatic heterocycles. The summed E-state index contributed by atoms with van der Waals surface area (Å²) >= 11 is 1.63. The van der Waals surface area contributed by atoms with E-state index in [0.717, 1.165) is 30.9 Å². The first-order valence-electron chi connectivity index (χ1n) is 14.4. The van der Waals surface area contributed by atoms with Crippen molar-refractivity contribution in [2.45, 2.75) is 56.1 Å². The van der Waals surface area contributed by atoms with Crippen LogP contribution in [0.4, 0.5) is 11.4 Å². The zero-order valence-electron chi connectivity index (χ0n) is 24.0. The lowest BCUT2D eigenvalue weighted by Gasteiger charge is -2.40. The summed E-state index contributed by atoms with van der Waals surface area (Å²) in [5.41, 5.74) is 1.82. The van der Waals surface area contributed by atoms with Gasteiger partial charge in [0.2, 0.25) is 5.91 Å². The molecule has 1 spiro atoms. The second-order valence-electron chi connectivity index (χ2n) is 10.8. The molecule has 0 saturated carbocycles. The van der Waals surface area contributed by atoms with Crippen LogP contribution in [0.25, 0.3) is 0 Å². The van der Waals surface area contributed by atoms with E-state index in [1.165, 1.54) is 0 Å². The minimum absolute atomic E-state index is 0.0531. The summed E-state index contributed by atoms with van der Waals surface area (Å²) in [5.74, 6) is -1.90. The van der Waals surface area contributed by atoms with E-state index in [2.05, 4.69) is 38.8 Å². The maximum Gasteiger partial charge on any atom is 0.310 e. The number of hydrogen-bond donors (Lipinski definition) is 1. The zero-order valence-corrected chi connectivity index (χ0v) is 24.8. The minimum Gasteiger partial charge on any atom is -0.465 e. The summed E-state index contributed by atoms with van der Waals surface area (Å²) in [6.45, 7) is 16.3. The predicted molar refractivity (Wildman–Crippen MR) is 160 cm³/mol. The van der Waals surface area contributed by atoms with E-state index < -0.39 is 22.6 Å². The second kappa shape index (κ2) is 12.8. The van der Waals surface area contributed by atoms with Gasteiger partial charge in [-0.3, -0.25) is 14.4 Å². The molecule has 6 atom stereocenters. The quantitative estimate of drug-likeness (QED) is 0.207. The lowest BCUT2D eigenvalue weighted by atomic mass is 9.66. The lowest BCUT2D eigenvalue weighted by Crippen LogP contribution is -2.57. The first kappa shape index (κ1) is 30.2. The van der Waals surface area contributed by atoms with Gasteiger partial charge in [-0.15, -0.1) is 24.9 Å². The van der Waals surface area contributed by atoms with Crippen molar-refractivity contribution >= 4 is 40.9 Å². The highest BCUT2D eigenvalue weighted by Crippen LogP contribution is 2.68. The Morgan fingerprint density at radius 2 is 1.85 bits per heavy atom. The molecule has 0 aliphatic carbocycles. The van der Waals surface area contributed by atoms with E-state index in [4.69, 9.17) is 4.74 Å². The van der Waals surface area contributed by atoms with Crippen molar-refractivity contribution in [1.82, 2.24) is 4.90 Å². The smallest absolute Gasteiger partial charge is 0.310 e. The molecule has 2 amide bonds. The number of nitrogens with zero attached hydrogens (tertiary/aromatic N) is 3. The highest BCUT2D eigenvalue weighted by atomic mass is 32.2. The summed E-state index contributed by atoms with van der Waals surface area (Å²) in [4.78, 5) is 47.6. The third-order valence-electron chi connectivity index (χ3n) is 8.74. The fourth-order valence-electron chi connectivity index (χ4n) is 6.92. The van der Waals surface area contributed by atoms with E-state index in [-0.39, 0.29) is 55.3 Å². The molecule has 3 unspecified atom stereocenters. The van der Waals surface area contributed by atoms with Crippen LogP contribution in [0.1, 0.15) is 40.0 Å². The van der Waals surface area contributed by atoms with Crippen LogP contribution in [0.3, 0.4) is 0 Å². The van der Waals surface area contributed by atoms with E-state index >= 15 is 0 Å². The summed E-state index contributed by atoms with van der Waals surface area (Å²) in [7, 11) is 0. The fourth-order valence-corrected chi connectivity index (χ4v) is 9.32. The Labute approximate surface area is 242 Å². The van der Waals surface area contributed by atoms with Gasteiger partial charge in [0.1, 0.15) is 6.04 Å². The van der Waals surface area contributed by atoms with E-state index in [1.54, 1.807) is 33.7 Å². The molecule has 1 N–H and O–H groups in total. The standard InChI is InChI=1S/C31H43N3O5S/c1-6-10-19-39-30(38)25-24-20-21(5)31(40-24)26(25)28(36)34(17-11-18-35)27(31)29(37)33(16-7-2)23-14-12-22(13-15-23)32(8-3)9-4/h6-7,12-15,21,24-27,35H,1-2,8-11,16-20H2,3-5H3/t21?,24-,25+,26-,27?,31?/m0/s1. The van der Waals surface area contributed by atoms with Gasteiger partial charge >= 0.3 is 5.97 Å². The number of likely N-dealkylation sites (tertiary alicyclic amines) is 1. The lowest BCUT2D eigenvalue weighted by molar-refractivity contribution is -0.154. The summed E-state index contributed by atoms with van der Waals surface area (Å²) in [5, 5.41) is 9.56. The number of carbonyl (C=O) groups is 3. The summed E-state index contributed by atoms with van der Waals surface area (Å²) < 4.78 is 4.84. The third-order valence-corrected chi connectivity index (χ3v) is 10.8. The zero-order chi connectivity index (χ0) is 29.0. The monoisotopic (exact) mass is 569 g/mol. The Kier molecular flexibility index (Phi) is 9.67. The predicted octanol–water partition coefficient (Wildman–Crippen LogP) is 3.89. The molecule has 1 aromatic rings. The van der Waals surface area contributed by atoms with Gasteiger partial charge in [-0.25, -0.2) is 0 Å². The van der Waals surface area contributed by atoms with Crippen molar-refractivity contribution in [3.05, 3.63) is 49.6 Å². The first-order chi connectivity index (χ1) is 19.3. The molecule has 40 heavy (non-hydrogen) atoms. The van der Waals surface area contributed by atoms with Gasteiger partial charge in [0.05, 0.1) is 23.2 Å². The van der Waals surface area contributed by atoms with Crippen LogP contribution < -0.4 is 9.80 Å². The summed E-state index contributed by atoms with van der Waals surface area (Å²) in [6.07, 6.45) is 5.04. The van der Waals surface area contributed by atoms with Gasteiger partial charge in [-0.2, -0.15) is 0 Å². The molecule has 2 bridgehead atoms. The molecule has 4 rings (SSSR count). The van der Waals surface area contributed by atoms with Crippen LogP contribution in [-0.4, -0.2) is 83.2 Å². The average molecular weight is 570 g/mol. The second-order valence-corrected chi connectivity index (χ2v) is 12.4. The van der Waals surface area contributed by atoms with Crippen molar-refractivity contribution < 1.29 is 24.2 Å². The number of carbonyl (C=O) groups excluding carboxylic acids is 3. The van der Waals surface area contributed by atoms with E-state index in [9.17, 15) is 19.5 Å². The summed E-state index contributed by atoms with van der Waals surface area (Å²) in [6, 6.07) is 7.17. The van der Waals surface area contributed by atoms with Crippen molar-refractivity contribution in [1.29, 1.82) is 0 Å². The number of amides is 2. The SMILES string of the molecule is C=CCCOC(=O)[C@@H]1[C@@H]2CC(C)C3(S2)C(C(=O)N(CC=C)c2ccc(N(CC)CC)cc2)N(CCCO)C(=O)[C@H]13. The average Bonchev–Trinajstić information content (AvgIpc) is 3.55. The number of rotatable bonds is 14. The molecule has 3 heterocycles. The van der Waals surface area contributed by atoms with Gasteiger partial charge in [-0.05, 0) is 63.3 Å². The number of ether oxygens (including phenoxy) is 1. The number of anilines is 2. The van der Waals surface area contributed by atoms with Crippen molar-refractivity contribution in [3.63, 3.8) is 0 Å². The van der Waals surface area contributed by atoms with Crippen LogP contribution in [0, 0.1) is 17.8 Å². The number of aliphatic hydroxyl groups excluding tert-OH is 1. The molecule has 3 saturated heterocycles. The molecule has 8 nitrogen and oxygen atoms in total. The highest BCUT2D eigenvalue weighted by Gasteiger charge is 2.76. The number of hydrogen-bond acceptors (Lipinski definition) is 7. The molecular weight excluding hydrogens is 526 g/mol. The van der Waals surface area contributed by atoms with Crippen LogP contribution in [0.15, 0.2) is 49.6 Å². The van der Waals surface area contributed by atoms with Crippen LogP contribution >= 0.6 is 11.8 Å². The number of fused-ring (bicyclic) bond motifs is 1. The molecular formula is C31H43N3O5S. The largest absolute Gasteiger partial charge is 0.465 e. The first-order valence-corrected chi connectivity index (χ1v) is 15.3. The number of benzene rings is 1. The third kappa shape index (κ3) is 5.07. The van der Waals surface area contributed by atoms with Crippen LogP contribution in [-0.2, 0) is 19.1 Å². The molecule has 3 aliphatic rings. The van der Waals surface area contributed by atoms with Gasteiger partial charge in [0.15, 0.2) is 0 Å². The molecule has 0 radical (unpaired) electrons. The van der Waals surface area contributed by atoms with Gasteiger partial charge in [-0.1, -0.05) is 19.1 Å². The van der Waals surface area contributed by atoms with Gasteiger partial charge < -0.3 is 24.5 Å². The minimum atomic E-state index is -0.755. The number of esters is 1. The highest BCUT2D eigenvalue weighted by molar-refractivity contribution is 8.02. The van der Waals surface area contributed by atoms with Crippen molar-refractivity contribution in [3.8, 4) is 0 Å². The van der Waals surface area contributed by atoms with E-state index in [0.29, 0.717) is 12.8 Å². The normalized spacial score (nSPS) is 28.4. The molecule has 3 fully saturated rings. The maximum atomic E-state index is 14.6. The Balaban J connectivity index is 1.72. The number of thioether (sulfide) groups is 1. The molecule has 218 valence electrons. The Bertz CT molecular complexity index is 1110. The van der Waals surface area contributed by atoms with Gasteiger partial charge in [0.25, 0.3) is 5.91 Å². The molecule has 9 heteroatoms. The van der Waals surface area contributed by atoms with E-state index in [1.807, 2.05) is 24.3 Å². The Hall–Kier alpha value is -2.78. The number of aliphatic hydroxyl groups is 1. The van der Waals surface area contributed by atoms with Gasteiger partial charge in [0, 0.05) is 49.4 Å². The molecule has 3 aliphatic heterocycles. The topological polar surface area (TPSA) is 90.4 Å². The Morgan fingerprint density at radius 3 is 2.45 bits per heavy atom. The Morgan fingerprint density at radius 1 is 1.18 bits per heavy atom. The fraction of sp³-hybridized carbons (Fsp3) is 0.581. The maximum absolute atomic E-state index is 14.6.